The second-order valence-corrected chi connectivity index (χ2v) is 8.15. The van der Waals surface area contributed by atoms with Crippen molar-refractivity contribution in [2.24, 2.45) is 0 Å². The number of aromatic amines is 1. The highest BCUT2D eigenvalue weighted by atomic mass is 19.1. The molecule has 1 aliphatic rings. The molecule has 0 radical (unpaired) electrons. The highest BCUT2D eigenvalue weighted by Crippen LogP contribution is 2.26. The lowest BCUT2D eigenvalue weighted by Crippen LogP contribution is -2.44. The number of rotatable bonds is 4. The number of imidazole rings is 1. The lowest BCUT2D eigenvalue weighted by atomic mass is 9.94. The molecule has 3 rings (SSSR count). The highest BCUT2D eigenvalue weighted by Gasteiger charge is 2.30. The third-order valence-electron chi connectivity index (χ3n) is 4.75. The number of hydrogen-bond donors (Lipinski definition) is 1. The van der Waals surface area contributed by atoms with Crippen molar-refractivity contribution in [2.45, 2.75) is 71.1 Å². The van der Waals surface area contributed by atoms with Gasteiger partial charge in [-0.2, -0.15) is 0 Å². The number of benzene rings is 1. The molecule has 0 spiro atoms. The number of hydrogen-bond acceptors (Lipinski definition) is 3. The van der Waals surface area contributed by atoms with Gasteiger partial charge in [-0.1, -0.05) is 19.3 Å². The Labute approximate surface area is 159 Å². The van der Waals surface area contributed by atoms with Crippen LogP contribution in [0.25, 0.3) is 11.3 Å². The normalized spacial score (nSPS) is 15.6. The maximum Gasteiger partial charge on any atom is 0.410 e. The van der Waals surface area contributed by atoms with E-state index in [0.717, 1.165) is 36.9 Å². The van der Waals surface area contributed by atoms with Crippen LogP contribution in [0.15, 0.2) is 30.5 Å². The Morgan fingerprint density at radius 2 is 1.89 bits per heavy atom. The minimum atomic E-state index is -0.535. The average Bonchev–Trinajstić information content (AvgIpc) is 3.08. The van der Waals surface area contributed by atoms with Gasteiger partial charge in [-0.15, -0.1) is 0 Å². The van der Waals surface area contributed by atoms with Gasteiger partial charge in [0.15, 0.2) is 0 Å². The maximum atomic E-state index is 13.1. The molecule has 0 aliphatic heterocycles. The molecular formula is C21H28FN3O2. The summed E-state index contributed by atoms with van der Waals surface area (Å²) in [4.78, 5) is 22.3. The summed E-state index contributed by atoms with van der Waals surface area (Å²) in [6.07, 6.45) is 6.88. The fourth-order valence-electron chi connectivity index (χ4n) is 3.44. The van der Waals surface area contributed by atoms with E-state index in [2.05, 4.69) is 9.97 Å². The first-order valence-electron chi connectivity index (χ1n) is 9.61. The summed E-state index contributed by atoms with van der Waals surface area (Å²) in [5.74, 6) is 0.428. The van der Waals surface area contributed by atoms with Crippen LogP contribution in [0.1, 0.15) is 58.7 Å². The molecule has 1 amide bonds. The lowest BCUT2D eigenvalue weighted by Gasteiger charge is -2.35. The first-order chi connectivity index (χ1) is 12.8. The minimum absolute atomic E-state index is 0.174. The average molecular weight is 373 g/mol. The van der Waals surface area contributed by atoms with Crippen molar-refractivity contribution in [2.75, 3.05) is 0 Å². The number of carbonyl (C=O) groups is 1. The van der Waals surface area contributed by atoms with Crippen molar-refractivity contribution in [1.29, 1.82) is 0 Å². The van der Waals surface area contributed by atoms with E-state index in [9.17, 15) is 9.18 Å². The van der Waals surface area contributed by atoms with Crippen LogP contribution in [-0.4, -0.2) is 32.6 Å². The molecule has 6 heteroatoms. The van der Waals surface area contributed by atoms with E-state index in [4.69, 9.17) is 4.74 Å². The number of nitrogens with one attached hydrogen (secondary N) is 1. The third kappa shape index (κ3) is 5.31. The molecule has 1 aliphatic carbocycles. The van der Waals surface area contributed by atoms with Crippen LogP contribution >= 0.6 is 0 Å². The molecule has 0 unspecified atom stereocenters. The molecule has 1 aromatic heterocycles. The predicted molar refractivity (Wildman–Crippen MR) is 103 cm³/mol. The Morgan fingerprint density at radius 3 is 2.52 bits per heavy atom. The largest absolute Gasteiger partial charge is 0.444 e. The number of carbonyl (C=O) groups excluding carboxylic acids is 1. The Balaban J connectivity index is 1.77. The molecule has 27 heavy (non-hydrogen) atoms. The van der Waals surface area contributed by atoms with Crippen LogP contribution in [0.2, 0.25) is 0 Å². The van der Waals surface area contributed by atoms with E-state index in [-0.39, 0.29) is 18.0 Å². The van der Waals surface area contributed by atoms with E-state index in [1.165, 1.54) is 18.6 Å². The zero-order valence-electron chi connectivity index (χ0n) is 16.3. The molecule has 0 saturated heterocycles. The van der Waals surface area contributed by atoms with E-state index < -0.39 is 5.60 Å². The molecule has 2 aromatic rings. The Kier molecular flexibility index (Phi) is 5.82. The second kappa shape index (κ2) is 8.11. The number of nitrogens with zero attached hydrogens (tertiary/aromatic N) is 2. The molecule has 1 heterocycles. The van der Waals surface area contributed by atoms with Crippen molar-refractivity contribution in [3.63, 3.8) is 0 Å². The van der Waals surface area contributed by atoms with Crippen LogP contribution in [0, 0.1) is 5.82 Å². The Hall–Kier alpha value is -2.37. The molecule has 0 atom stereocenters. The van der Waals surface area contributed by atoms with Gasteiger partial charge in [-0.3, -0.25) is 4.90 Å². The SMILES string of the molecule is CC(C)(C)OC(=O)N(Cc1ncc(-c2ccc(F)cc2)[nH]1)C1CCCCC1. The summed E-state index contributed by atoms with van der Waals surface area (Å²) in [6, 6.07) is 6.43. The van der Waals surface area contributed by atoms with Gasteiger partial charge in [0.25, 0.3) is 0 Å². The van der Waals surface area contributed by atoms with Crippen molar-refractivity contribution in [3.8, 4) is 11.3 Å². The zero-order chi connectivity index (χ0) is 19.4. The van der Waals surface area contributed by atoms with Crippen LogP contribution in [0.4, 0.5) is 9.18 Å². The molecule has 0 bridgehead atoms. The van der Waals surface area contributed by atoms with Gasteiger partial charge in [-0.25, -0.2) is 14.2 Å². The smallest absolute Gasteiger partial charge is 0.410 e. The number of H-pyrrole nitrogens is 1. The van der Waals surface area contributed by atoms with Gasteiger partial charge >= 0.3 is 6.09 Å². The van der Waals surface area contributed by atoms with E-state index in [1.54, 1.807) is 23.2 Å². The Morgan fingerprint density at radius 1 is 1.22 bits per heavy atom. The number of ether oxygens (including phenoxy) is 1. The zero-order valence-corrected chi connectivity index (χ0v) is 16.3. The first kappa shape index (κ1) is 19.4. The first-order valence-corrected chi connectivity index (χ1v) is 9.61. The predicted octanol–water partition coefficient (Wildman–Crippen LogP) is 5.29. The number of aromatic nitrogens is 2. The molecule has 146 valence electrons. The van der Waals surface area contributed by atoms with E-state index in [0.29, 0.717) is 12.4 Å². The van der Waals surface area contributed by atoms with Crippen molar-refractivity contribution >= 4 is 6.09 Å². The molecule has 1 aromatic carbocycles. The molecular weight excluding hydrogens is 345 g/mol. The van der Waals surface area contributed by atoms with E-state index >= 15 is 0 Å². The number of halogens is 1. The summed E-state index contributed by atoms with van der Waals surface area (Å²) < 4.78 is 18.8. The lowest BCUT2D eigenvalue weighted by molar-refractivity contribution is 0.00930. The topological polar surface area (TPSA) is 58.2 Å². The summed E-state index contributed by atoms with van der Waals surface area (Å²) in [7, 11) is 0. The van der Waals surface area contributed by atoms with Crippen molar-refractivity contribution in [1.82, 2.24) is 14.9 Å². The number of amides is 1. The van der Waals surface area contributed by atoms with Crippen molar-refractivity contribution in [3.05, 3.63) is 42.1 Å². The van der Waals surface area contributed by atoms with Gasteiger partial charge in [0, 0.05) is 6.04 Å². The van der Waals surface area contributed by atoms with Crippen LogP contribution in [0.3, 0.4) is 0 Å². The fraction of sp³-hybridized carbons (Fsp3) is 0.524. The summed E-state index contributed by atoms with van der Waals surface area (Å²) >= 11 is 0. The highest BCUT2D eigenvalue weighted by molar-refractivity contribution is 5.68. The fourth-order valence-corrected chi connectivity index (χ4v) is 3.44. The second-order valence-electron chi connectivity index (χ2n) is 8.15. The molecule has 1 fully saturated rings. The van der Waals surface area contributed by atoms with Crippen LogP contribution in [-0.2, 0) is 11.3 Å². The molecule has 1 N–H and O–H groups in total. The van der Waals surface area contributed by atoms with Gasteiger partial charge in [0.2, 0.25) is 0 Å². The maximum absolute atomic E-state index is 13.1. The van der Waals surface area contributed by atoms with Gasteiger partial charge in [-0.05, 0) is 63.4 Å². The van der Waals surface area contributed by atoms with Gasteiger partial charge in [0.1, 0.15) is 17.2 Å². The molecule has 5 nitrogen and oxygen atoms in total. The standard InChI is InChI=1S/C21H28FN3O2/c1-21(2,3)27-20(26)25(17-7-5-4-6-8-17)14-19-23-13-18(24-19)15-9-11-16(22)12-10-15/h9-13,17H,4-8,14H2,1-3H3,(H,23,24). The van der Waals surface area contributed by atoms with Gasteiger partial charge < -0.3 is 9.72 Å². The third-order valence-corrected chi connectivity index (χ3v) is 4.75. The van der Waals surface area contributed by atoms with Crippen LogP contribution in [0.5, 0.6) is 0 Å². The summed E-state index contributed by atoms with van der Waals surface area (Å²) in [6.45, 7) is 6.01. The van der Waals surface area contributed by atoms with Gasteiger partial charge in [0.05, 0.1) is 18.4 Å². The monoisotopic (exact) mass is 373 g/mol. The van der Waals surface area contributed by atoms with Crippen molar-refractivity contribution < 1.29 is 13.9 Å². The molecule has 1 saturated carbocycles. The minimum Gasteiger partial charge on any atom is -0.444 e. The van der Waals surface area contributed by atoms with E-state index in [1.807, 2.05) is 20.8 Å². The van der Waals surface area contributed by atoms with Crippen LogP contribution < -0.4 is 0 Å². The summed E-state index contributed by atoms with van der Waals surface area (Å²) in [5.41, 5.74) is 1.13. The quantitative estimate of drug-likeness (QED) is 0.793. The summed E-state index contributed by atoms with van der Waals surface area (Å²) in [5, 5.41) is 0. The Bertz CT molecular complexity index is 758.